The molecule has 4 heteroatoms. The van der Waals surface area contributed by atoms with Crippen LogP contribution in [0.25, 0.3) is 0 Å². The van der Waals surface area contributed by atoms with E-state index < -0.39 is 0 Å². The van der Waals surface area contributed by atoms with Crippen LogP contribution in [-0.2, 0) is 0 Å². The summed E-state index contributed by atoms with van der Waals surface area (Å²) in [7, 11) is 0. The maximum absolute atomic E-state index is 9.20. The molecule has 0 atom stereocenters. The lowest BCUT2D eigenvalue weighted by Crippen LogP contribution is -1.84. The number of rotatable bonds is 2. The molecule has 2 nitrogen and oxygen atoms in total. The van der Waals surface area contributed by atoms with E-state index in [9.17, 15) is 5.11 Å². The van der Waals surface area contributed by atoms with Gasteiger partial charge in [-0.2, -0.15) is 0 Å². The monoisotopic (exact) mass is 298 g/mol. The fourth-order valence-corrected chi connectivity index (χ4v) is 1.82. The molecule has 0 aromatic heterocycles. The van der Waals surface area contributed by atoms with Crippen LogP contribution in [0.5, 0.6) is 17.2 Å². The Morgan fingerprint density at radius 2 is 1.94 bits per heavy atom. The number of halogens is 2. The molecule has 2 rings (SSSR count). The second-order valence-corrected chi connectivity index (χ2v) is 4.50. The Hall–Kier alpha value is -1.19. The molecule has 16 heavy (non-hydrogen) atoms. The Labute approximate surface area is 107 Å². The van der Waals surface area contributed by atoms with Crippen molar-refractivity contribution in [3.63, 3.8) is 0 Å². The van der Waals surface area contributed by atoms with Crippen LogP contribution in [0.4, 0.5) is 0 Å². The van der Waals surface area contributed by atoms with Crippen molar-refractivity contribution in [1.82, 2.24) is 0 Å². The smallest absolute Gasteiger partial charge is 0.146 e. The van der Waals surface area contributed by atoms with Crippen molar-refractivity contribution < 1.29 is 9.84 Å². The Balaban J connectivity index is 2.27. The van der Waals surface area contributed by atoms with Crippen molar-refractivity contribution >= 4 is 27.5 Å². The molecule has 0 bridgehead atoms. The molecule has 0 heterocycles. The lowest BCUT2D eigenvalue weighted by molar-refractivity contribution is 0.464. The van der Waals surface area contributed by atoms with Gasteiger partial charge in [0.2, 0.25) is 0 Å². The van der Waals surface area contributed by atoms with E-state index in [1.807, 2.05) is 24.3 Å². The van der Waals surface area contributed by atoms with E-state index in [4.69, 9.17) is 16.3 Å². The molecule has 0 aliphatic carbocycles. The predicted octanol–water partition coefficient (Wildman–Crippen LogP) is 4.60. The predicted molar refractivity (Wildman–Crippen MR) is 67.3 cm³/mol. The van der Waals surface area contributed by atoms with Crippen LogP contribution in [0.2, 0.25) is 5.02 Å². The van der Waals surface area contributed by atoms with Gasteiger partial charge in [0, 0.05) is 10.5 Å². The van der Waals surface area contributed by atoms with Gasteiger partial charge in [-0.3, -0.25) is 0 Å². The van der Waals surface area contributed by atoms with E-state index in [0.29, 0.717) is 16.5 Å². The van der Waals surface area contributed by atoms with E-state index in [-0.39, 0.29) is 5.75 Å². The van der Waals surface area contributed by atoms with Gasteiger partial charge in [0.1, 0.15) is 17.2 Å². The van der Waals surface area contributed by atoms with Gasteiger partial charge in [-0.15, -0.1) is 0 Å². The highest BCUT2D eigenvalue weighted by molar-refractivity contribution is 9.10. The summed E-state index contributed by atoms with van der Waals surface area (Å²) in [5.74, 6) is 1.31. The molecule has 82 valence electrons. The van der Waals surface area contributed by atoms with Gasteiger partial charge in [0.05, 0.1) is 5.02 Å². The second-order valence-electron chi connectivity index (χ2n) is 3.17. The van der Waals surface area contributed by atoms with Crippen LogP contribution in [0.3, 0.4) is 0 Å². The number of hydrogen-bond donors (Lipinski definition) is 1. The summed E-state index contributed by atoms with van der Waals surface area (Å²) < 4.78 is 6.50. The van der Waals surface area contributed by atoms with Crippen molar-refractivity contribution in [2.75, 3.05) is 0 Å². The average molecular weight is 300 g/mol. The zero-order chi connectivity index (χ0) is 11.5. The minimum absolute atomic E-state index is 0.117. The summed E-state index contributed by atoms with van der Waals surface area (Å²) in [6.45, 7) is 0. The zero-order valence-corrected chi connectivity index (χ0v) is 10.5. The number of aromatic hydroxyl groups is 1. The molecule has 0 saturated heterocycles. The summed E-state index contributed by atoms with van der Waals surface area (Å²) >= 11 is 9.28. The fraction of sp³-hybridized carbons (Fsp3) is 0. The largest absolute Gasteiger partial charge is 0.508 e. The third-order valence-corrected chi connectivity index (χ3v) is 2.73. The Morgan fingerprint density at radius 1 is 1.12 bits per heavy atom. The highest BCUT2D eigenvalue weighted by Gasteiger charge is 2.04. The van der Waals surface area contributed by atoms with Gasteiger partial charge < -0.3 is 9.84 Å². The maximum Gasteiger partial charge on any atom is 0.146 e. The first-order chi connectivity index (χ1) is 7.65. The van der Waals surface area contributed by atoms with E-state index >= 15 is 0 Å². The lowest BCUT2D eigenvalue weighted by atomic mass is 10.3. The summed E-state index contributed by atoms with van der Waals surface area (Å²) in [5, 5.41) is 9.58. The molecule has 0 fully saturated rings. The van der Waals surface area contributed by atoms with Gasteiger partial charge in [-0.25, -0.2) is 0 Å². The molecule has 0 aliphatic heterocycles. The third kappa shape index (κ3) is 2.68. The van der Waals surface area contributed by atoms with Crippen LogP contribution >= 0.6 is 27.5 Å². The number of hydrogen-bond acceptors (Lipinski definition) is 2. The molecule has 0 aliphatic rings. The van der Waals surface area contributed by atoms with Gasteiger partial charge in [0.15, 0.2) is 0 Å². The Bertz CT molecular complexity index is 514. The molecule has 0 amide bonds. The van der Waals surface area contributed by atoms with Crippen molar-refractivity contribution in [2.24, 2.45) is 0 Å². The topological polar surface area (TPSA) is 29.5 Å². The molecule has 0 saturated carbocycles. The fourth-order valence-electron chi connectivity index (χ4n) is 1.23. The van der Waals surface area contributed by atoms with E-state index in [2.05, 4.69) is 15.9 Å². The first-order valence-electron chi connectivity index (χ1n) is 4.57. The number of benzene rings is 2. The quantitative estimate of drug-likeness (QED) is 0.878. The molecule has 0 unspecified atom stereocenters. The van der Waals surface area contributed by atoms with Crippen LogP contribution in [0.15, 0.2) is 46.9 Å². The Kier molecular flexibility index (Phi) is 3.36. The number of phenols is 1. The van der Waals surface area contributed by atoms with Crippen LogP contribution < -0.4 is 4.74 Å². The molecule has 0 radical (unpaired) electrons. The molecule has 1 N–H and O–H groups in total. The first-order valence-corrected chi connectivity index (χ1v) is 5.74. The summed E-state index contributed by atoms with van der Waals surface area (Å²) in [6, 6.07) is 12.0. The van der Waals surface area contributed by atoms with Crippen LogP contribution in [-0.4, -0.2) is 5.11 Å². The van der Waals surface area contributed by atoms with Gasteiger partial charge in [0.25, 0.3) is 0 Å². The maximum atomic E-state index is 9.20. The standard InChI is InChI=1S/C12H8BrClO2/c13-8-2-1-3-10(6-8)16-12-5-4-9(15)7-11(12)14/h1-7,15H. The minimum Gasteiger partial charge on any atom is -0.508 e. The van der Waals surface area contributed by atoms with Gasteiger partial charge in [-0.05, 0) is 30.3 Å². The molecule has 2 aromatic carbocycles. The van der Waals surface area contributed by atoms with E-state index in [0.717, 1.165) is 4.47 Å². The molecular formula is C12H8BrClO2. The van der Waals surface area contributed by atoms with Crippen LogP contribution in [0, 0.1) is 0 Å². The second kappa shape index (κ2) is 4.76. The average Bonchev–Trinajstić information content (AvgIpc) is 2.22. The third-order valence-electron chi connectivity index (χ3n) is 1.94. The molecule has 0 spiro atoms. The highest BCUT2D eigenvalue weighted by Crippen LogP contribution is 2.32. The van der Waals surface area contributed by atoms with Crippen LogP contribution in [0.1, 0.15) is 0 Å². The SMILES string of the molecule is Oc1ccc(Oc2cccc(Br)c2)c(Cl)c1. The highest BCUT2D eigenvalue weighted by atomic mass is 79.9. The summed E-state index contributed by atoms with van der Waals surface area (Å²) in [4.78, 5) is 0. The lowest BCUT2D eigenvalue weighted by Gasteiger charge is -2.07. The summed E-state index contributed by atoms with van der Waals surface area (Å²) in [5.41, 5.74) is 0. The van der Waals surface area contributed by atoms with Crippen molar-refractivity contribution in [2.45, 2.75) is 0 Å². The number of phenolic OH excluding ortho intramolecular Hbond substituents is 1. The van der Waals surface area contributed by atoms with Crippen molar-refractivity contribution in [3.05, 3.63) is 52.0 Å². The van der Waals surface area contributed by atoms with Crippen molar-refractivity contribution in [3.8, 4) is 17.2 Å². The first kappa shape index (κ1) is 11.3. The molecule has 2 aromatic rings. The Morgan fingerprint density at radius 3 is 2.62 bits per heavy atom. The normalized spacial score (nSPS) is 10.1. The number of ether oxygens (including phenoxy) is 1. The molecular weight excluding hydrogens is 291 g/mol. The van der Waals surface area contributed by atoms with E-state index in [1.165, 1.54) is 12.1 Å². The minimum atomic E-state index is 0.117. The summed E-state index contributed by atoms with van der Waals surface area (Å²) in [6.07, 6.45) is 0. The van der Waals surface area contributed by atoms with Crippen molar-refractivity contribution in [1.29, 1.82) is 0 Å². The van der Waals surface area contributed by atoms with E-state index in [1.54, 1.807) is 6.07 Å². The van der Waals surface area contributed by atoms with Gasteiger partial charge in [-0.1, -0.05) is 33.6 Å². The van der Waals surface area contributed by atoms with Gasteiger partial charge >= 0.3 is 0 Å². The zero-order valence-electron chi connectivity index (χ0n) is 8.15.